The number of nitrogens with zero attached hydrogens (tertiary/aromatic N) is 2. The number of aliphatic carboxylic acids is 1. The second-order valence-corrected chi connectivity index (χ2v) is 21.4. The van der Waals surface area contributed by atoms with Crippen molar-refractivity contribution in [2.45, 2.75) is 38.0 Å². The second-order valence-electron chi connectivity index (χ2n) is 18.0. The van der Waals surface area contributed by atoms with E-state index in [0.717, 1.165) is 16.3 Å². The molecule has 4 aromatic carbocycles. The van der Waals surface area contributed by atoms with E-state index < -0.39 is 41.7 Å². The third kappa shape index (κ3) is 13.8. The number of carboxylic acids is 1. The summed E-state index contributed by atoms with van der Waals surface area (Å²) in [5, 5.41) is 25.3. The van der Waals surface area contributed by atoms with Crippen molar-refractivity contribution in [3.05, 3.63) is 183 Å². The number of hydrogen-bond donors (Lipinski definition) is 5. The molecule has 8 aromatic rings. The molecule has 4 aromatic heterocycles. The fourth-order valence-electron chi connectivity index (χ4n) is 8.98. The van der Waals surface area contributed by atoms with Crippen LogP contribution in [0.5, 0.6) is 0 Å². The summed E-state index contributed by atoms with van der Waals surface area (Å²) in [5.74, 6) is -4.72. The number of hydrogen-bond acceptors (Lipinski definition) is 14. The molecular weight excluding hydrogens is 1170 g/mol. The van der Waals surface area contributed by atoms with Crippen molar-refractivity contribution in [3.8, 4) is 0 Å². The Labute approximate surface area is 501 Å². The van der Waals surface area contributed by atoms with E-state index in [4.69, 9.17) is 60.0 Å². The molecule has 10 rings (SSSR count). The quantitative estimate of drug-likeness (QED) is 0.0605. The first-order valence-corrected chi connectivity index (χ1v) is 27.3. The maximum atomic E-state index is 13.2. The van der Waals surface area contributed by atoms with Gasteiger partial charge in [0.1, 0.15) is 23.2 Å². The molecule has 2 atom stereocenters. The molecule has 0 fully saturated rings. The molecule has 6 heterocycles. The number of methoxy groups -OCH3 is 1. The van der Waals surface area contributed by atoms with E-state index in [2.05, 4.69) is 21.3 Å². The molecule has 0 saturated heterocycles. The standard InChI is InChI=1S/C28H23Cl2N3O6S.C27H21Cl2N3O6S.Li.H2O/c1-38-28(37)20(13-31-25(34)22-3-2-10-40-22)32-26(35)23-19(29)11-17-14-33(8-6-18(17)24(23)30)27(36)16-5-4-15-7-9-39-21(15)12-16;28-18-10-16-13-32(26(35)15-4-3-14-6-8-38-20(14)11-15)7-5-17(16)23(29)22(18)25(34)31-19(27(36)37)12-30-24(33)21-2-1-9-39-21;;/h2-5,7,9-12,20H,6,8,13-14H2,1H3,(H,31,34)(H,32,35);1-4,6,8-11,19H,5,7,12-13H2,(H,30,33)(H,31,34)(H,36,37);;1H2/q;;+1;/p-1/t20-;19-;;/m00../s1. The van der Waals surface area contributed by atoms with Crippen molar-refractivity contribution in [1.29, 1.82) is 0 Å². The van der Waals surface area contributed by atoms with Gasteiger partial charge in [-0.05, 0) is 107 Å². The Kier molecular flexibility index (Phi) is 20.5. The summed E-state index contributed by atoms with van der Waals surface area (Å²) >= 11 is 28.7. The van der Waals surface area contributed by atoms with E-state index in [9.17, 15) is 43.5 Å². The van der Waals surface area contributed by atoms with Gasteiger partial charge in [0.25, 0.3) is 35.4 Å². The van der Waals surface area contributed by atoms with Crippen molar-refractivity contribution >= 4 is 138 Å². The summed E-state index contributed by atoms with van der Waals surface area (Å²) in [4.78, 5) is 106. The summed E-state index contributed by atoms with van der Waals surface area (Å²) in [6.07, 6.45) is 3.91. The summed E-state index contributed by atoms with van der Waals surface area (Å²) in [6, 6.07) is 21.5. The van der Waals surface area contributed by atoms with Crippen LogP contribution in [0, 0.1) is 0 Å². The summed E-state index contributed by atoms with van der Waals surface area (Å²) in [7, 11) is 1.18. The summed E-state index contributed by atoms with van der Waals surface area (Å²) < 4.78 is 15.6. The Morgan fingerprint density at radius 3 is 1.46 bits per heavy atom. The van der Waals surface area contributed by atoms with Gasteiger partial charge in [-0.25, -0.2) is 9.59 Å². The molecule has 6 amide bonds. The molecule has 0 saturated carbocycles. The minimum absolute atomic E-state index is 0. The zero-order chi connectivity index (χ0) is 56.1. The summed E-state index contributed by atoms with van der Waals surface area (Å²) in [5.41, 5.74) is 4.94. The molecule has 81 heavy (non-hydrogen) atoms. The second kappa shape index (κ2) is 27.1. The number of rotatable bonds is 14. The first-order chi connectivity index (χ1) is 38.0. The van der Waals surface area contributed by atoms with Gasteiger partial charge in [-0.2, -0.15) is 0 Å². The van der Waals surface area contributed by atoms with E-state index in [1.807, 2.05) is 24.3 Å². The summed E-state index contributed by atoms with van der Waals surface area (Å²) in [6.45, 7) is 0.694. The Bertz CT molecular complexity index is 3710. The van der Waals surface area contributed by atoms with Gasteiger partial charge in [0.05, 0.1) is 60.6 Å². The molecule has 414 valence electrons. The number of carbonyl (C=O) groups is 8. The molecule has 0 radical (unpaired) electrons. The predicted octanol–water partition coefficient (Wildman–Crippen LogP) is 6.14. The number of ether oxygens (including phenoxy) is 1. The van der Waals surface area contributed by atoms with Crippen LogP contribution in [0.2, 0.25) is 20.1 Å². The number of amides is 6. The van der Waals surface area contributed by atoms with Gasteiger partial charge in [0.2, 0.25) is 0 Å². The average molecular weight is 1210 g/mol. The van der Waals surface area contributed by atoms with Gasteiger partial charge < -0.3 is 55.2 Å². The van der Waals surface area contributed by atoms with Crippen molar-refractivity contribution in [1.82, 2.24) is 31.1 Å². The van der Waals surface area contributed by atoms with Crippen molar-refractivity contribution in [2.24, 2.45) is 0 Å². The number of nitrogens with one attached hydrogen (secondary N) is 4. The van der Waals surface area contributed by atoms with Crippen molar-refractivity contribution < 1.29 is 81.4 Å². The Balaban J connectivity index is 0.000000228. The van der Waals surface area contributed by atoms with Gasteiger partial charge in [-0.15, -0.1) is 22.7 Å². The number of benzene rings is 4. The van der Waals surface area contributed by atoms with Crippen LogP contribution in [0.4, 0.5) is 0 Å². The number of halogens is 4. The molecule has 0 aliphatic carbocycles. The fourth-order valence-corrected chi connectivity index (χ4v) is 11.8. The minimum atomic E-state index is -1.41. The largest absolute Gasteiger partial charge is 1.00 e. The maximum Gasteiger partial charge on any atom is 1.00 e. The van der Waals surface area contributed by atoms with Crippen LogP contribution in [0.15, 0.2) is 117 Å². The average Bonchev–Trinajstić information content (AvgIpc) is 4.40. The van der Waals surface area contributed by atoms with Gasteiger partial charge >= 0.3 is 30.8 Å². The fraction of sp³-hybridized carbons (Fsp3) is 0.200. The Hall–Kier alpha value is -7.16. The van der Waals surface area contributed by atoms with Crippen molar-refractivity contribution in [3.63, 3.8) is 0 Å². The monoisotopic (exact) mass is 1210 g/mol. The van der Waals surface area contributed by atoms with Crippen molar-refractivity contribution in [2.75, 3.05) is 33.3 Å². The molecule has 2 aliphatic heterocycles. The van der Waals surface area contributed by atoms with Crippen LogP contribution in [0.25, 0.3) is 21.9 Å². The molecule has 0 bridgehead atoms. The zero-order valence-corrected chi connectivity index (χ0v) is 47.5. The smallest absolute Gasteiger partial charge is 0.870 e. The molecule has 2 aliphatic rings. The first-order valence-electron chi connectivity index (χ1n) is 24.1. The molecule has 0 unspecified atom stereocenters. The number of carbonyl (C=O) groups excluding carboxylic acids is 7. The number of furan rings is 2. The SMILES string of the molecule is COC(=O)[C@H](CNC(=O)c1cccs1)NC(=O)c1c(Cl)cc2c(c1Cl)CCN(C(=O)c1ccc3ccoc3c1)C2.O=C(NC[C@H](NC(=O)c1c(Cl)cc2c(c1Cl)CCN(C(=O)c1ccc3ccoc3c1)C2)C(=O)O)c1cccs1.[Li+].[OH-]. The van der Waals surface area contributed by atoms with Gasteiger partial charge in [-0.1, -0.05) is 70.7 Å². The third-order valence-corrected chi connectivity index (χ3v) is 16.2. The van der Waals surface area contributed by atoms with Crippen LogP contribution in [0.3, 0.4) is 0 Å². The molecular formula is C55H45Cl4LiN6O13S2. The number of esters is 1. The number of thiophene rings is 2. The topological polar surface area (TPSA) is 277 Å². The number of fused-ring (bicyclic) bond motifs is 4. The third-order valence-electron chi connectivity index (χ3n) is 13.1. The zero-order valence-electron chi connectivity index (χ0n) is 42.8. The van der Waals surface area contributed by atoms with E-state index in [-0.39, 0.29) is 99.5 Å². The Morgan fingerprint density at radius 1 is 0.617 bits per heavy atom. The van der Waals surface area contributed by atoms with Gasteiger partial charge in [-0.3, -0.25) is 28.8 Å². The van der Waals surface area contributed by atoms with Crippen LogP contribution in [-0.2, 0) is 40.3 Å². The van der Waals surface area contributed by atoms with E-state index in [0.29, 0.717) is 74.7 Å². The van der Waals surface area contributed by atoms with E-state index >= 15 is 0 Å². The maximum absolute atomic E-state index is 13.2. The van der Waals surface area contributed by atoms with Crippen LogP contribution in [-0.4, -0.2) is 113 Å². The van der Waals surface area contributed by atoms with Gasteiger partial charge in [0.15, 0.2) is 0 Å². The first kappa shape index (κ1) is 61.5. The normalized spacial score (nSPS) is 13.1. The van der Waals surface area contributed by atoms with Crippen LogP contribution < -0.4 is 40.1 Å². The predicted molar refractivity (Wildman–Crippen MR) is 300 cm³/mol. The van der Waals surface area contributed by atoms with Gasteiger partial charge in [0, 0.05) is 61.2 Å². The van der Waals surface area contributed by atoms with E-state index in [1.54, 1.807) is 93.7 Å². The minimum Gasteiger partial charge on any atom is -0.870 e. The molecule has 19 nitrogen and oxygen atoms in total. The van der Waals surface area contributed by atoms with E-state index in [1.165, 1.54) is 29.8 Å². The molecule has 26 heteroatoms. The van der Waals surface area contributed by atoms with Crippen LogP contribution >= 0.6 is 69.1 Å². The molecule has 0 spiro atoms. The molecule has 6 N–H and O–H groups in total. The van der Waals surface area contributed by atoms with Crippen LogP contribution in [0.1, 0.15) is 83.0 Å². The Morgan fingerprint density at radius 2 is 1.05 bits per heavy atom. The number of carboxylic acid groups (broad SMARTS) is 1.